The van der Waals surface area contributed by atoms with Crippen LogP contribution in [0.2, 0.25) is 0 Å². The van der Waals surface area contributed by atoms with Gasteiger partial charge in [0.1, 0.15) is 0 Å². The molecule has 9 aromatic rings. The van der Waals surface area contributed by atoms with E-state index in [2.05, 4.69) is 259 Å². The van der Waals surface area contributed by atoms with Crippen molar-refractivity contribution in [1.29, 1.82) is 0 Å². The Morgan fingerprint density at radius 2 is 0.677 bits per heavy atom. The van der Waals surface area contributed by atoms with Gasteiger partial charge in [-0.1, -0.05) is 217 Å². The molecule has 0 radical (unpaired) electrons. The fraction of sp³-hybridized carbons (Fsp3) is 0.156. The Morgan fingerprint density at radius 1 is 0.277 bits per heavy atom. The van der Waals surface area contributed by atoms with Crippen LogP contribution in [0.1, 0.15) is 97.2 Å². The van der Waals surface area contributed by atoms with Gasteiger partial charge in [0.25, 0.3) is 0 Å². The van der Waals surface area contributed by atoms with Crippen molar-refractivity contribution in [3.05, 3.63) is 268 Å². The van der Waals surface area contributed by atoms with Gasteiger partial charge in [-0.25, -0.2) is 0 Å². The van der Waals surface area contributed by atoms with E-state index in [9.17, 15) is 0 Å². The molecule has 1 heteroatoms. The molecule has 0 bridgehead atoms. The first kappa shape index (κ1) is 39.4. The highest BCUT2D eigenvalue weighted by Gasteiger charge is 2.52. The molecule has 9 aromatic carbocycles. The Balaban J connectivity index is 1.11. The van der Waals surface area contributed by atoms with Gasteiger partial charge in [0.2, 0.25) is 0 Å². The number of anilines is 3. The van der Waals surface area contributed by atoms with Gasteiger partial charge >= 0.3 is 0 Å². The Kier molecular flexibility index (Phi) is 8.57. The summed E-state index contributed by atoms with van der Waals surface area (Å²) in [5.74, 6) is 0. The first-order valence-corrected chi connectivity index (χ1v) is 23.3. The minimum atomic E-state index is -0.533. The van der Waals surface area contributed by atoms with E-state index in [0.29, 0.717) is 0 Å². The predicted octanol–water partition coefficient (Wildman–Crippen LogP) is 16.5. The van der Waals surface area contributed by atoms with Crippen LogP contribution < -0.4 is 4.90 Å². The van der Waals surface area contributed by atoms with Crippen molar-refractivity contribution in [3.63, 3.8) is 0 Å². The van der Waals surface area contributed by atoms with Crippen molar-refractivity contribution in [3.8, 4) is 33.4 Å². The minimum Gasteiger partial charge on any atom is -0.310 e. The Hall–Kier alpha value is -7.22. The molecule has 0 aromatic heterocycles. The van der Waals surface area contributed by atoms with E-state index >= 15 is 0 Å². The van der Waals surface area contributed by atoms with Gasteiger partial charge in [0.05, 0.1) is 10.8 Å². The quantitative estimate of drug-likeness (QED) is 0.167. The predicted molar refractivity (Wildman–Crippen MR) is 272 cm³/mol. The van der Waals surface area contributed by atoms with Crippen molar-refractivity contribution < 1.29 is 0 Å². The average molecular weight is 836 g/mol. The van der Waals surface area contributed by atoms with Gasteiger partial charge in [-0.15, -0.1) is 0 Å². The summed E-state index contributed by atoms with van der Waals surface area (Å²) < 4.78 is 0. The Labute approximate surface area is 384 Å². The number of hydrogen-bond donors (Lipinski definition) is 0. The van der Waals surface area contributed by atoms with Crippen LogP contribution in [0.5, 0.6) is 0 Å². The van der Waals surface area contributed by atoms with Crippen LogP contribution in [-0.4, -0.2) is 0 Å². The number of hydrogen-bond acceptors (Lipinski definition) is 1. The first-order chi connectivity index (χ1) is 31.5. The van der Waals surface area contributed by atoms with E-state index in [4.69, 9.17) is 0 Å². The standard InChI is InChI=1S/C64H53N/c1-61(2,3)42-29-31-44(32-30-42)63(43-19-9-7-10-20-43)55-26-16-13-23-49(55)52-36-34-47(40-59(52)63)65(46-21-11-8-12-22-46)48-35-37-53-50-24-14-17-27-56(50)64(60(53)41-48)57-28-18-15-25-51(57)54-39-45(62(4,5)6)33-38-58(54)64/h7-41H,1-6H3. The van der Waals surface area contributed by atoms with Gasteiger partial charge in [-0.05, 0) is 136 Å². The molecule has 1 nitrogen and oxygen atoms in total. The third-order valence-electron chi connectivity index (χ3n) is 14.9. The maximum absolute atomic E-state index is 2.52. The van der Waals surface area contributed by atoms with Gasteiger partial charge in [0.15, 0.2) is 0 Å². The van der Waals surface area contributed by atoms with Crippen molar-refractivity contribution in [2.75, 3.05) is 4.90 Å². The summed E-state index contributed by atoms with van der Waals surface area (Å²) >= 11 is 0. The van der Waals surface area contributed by atoms with Crippen LogP contribution in [-0.2, 0) is 21.7 Å². The van der Waals surface area contributed by atoms with Crippen molar-refractivity contribution in [2.24, 2.45) is 0 Å². The van der Waals surface area contributed by atoms with Gasteiger partial charge in [-0.2, -0.15) is 0 Å². The van der Waals surface area contributed by atoms with E-state index in [0.717, 1.165) is 17.1 Å². The summed E-state index contributed by atoms with van der Waals surface area (Å²) in [6.45, 7) is 13.9. The summed E-state index contributed by atoms with van der Waals surface area (Å²) in [5, 5.41) is 0. The van der Waals surface area contributed by atoms with Gasteiger partial charge in [0, 0.05) is 17.1 Å². The topological polar surface area (TPSA) is 3.24 Å². The average Bonchev–Trinajstić information content (AvgIpc) is 3.91. The number of rotatable bonds is 5. The molecule has 0 saturated carbocycles. The molecule has 2 atom stereocenters. The summed E-state index contributed by atoms with van der Waals surface area (Å²) in [6, 6.07) is 80.8. The lowest BCUT2D eigenvalue weighted by Gasteiger charge is -2.35. The molecule has 65 heavy (non-hydrogen) atoms. The zero-order valence-electron chi connectivity index (χ0n) is 38.2. The molecule has 0 heterocycles. The molecular weight excluding hydrogens is 783 g/mol. The molecule has 0 fully saturated rings. The van der Waals surface area contributed by atoms with Crippen molar-refractivity contribution in [1.82, 2.24) is 0 Å². The minimum absolute atomic E-state index is 0.0276. The highest BCUT2D eigenvalue weighted by atomic mass is 15.1. The fourth-order valence-corrected chi connectivity index (χ4v) is 11.9. The second kappa shape index (κ2) is 14.1. The summed E-state index contributed by atoms with van der Waals surface area (Å²) in [4.78, 5) is 2.49. The molecule has 3 aliphatic rings. The molecule has 3 aliphatic carbocycles. The molecule has 12 rings (SSSR count). The number of nitrogens with zero attached hydrogens (tertiary/aromatic N) is 1. The number of benzene rings is 9. The van der Waals surface area contributed by atoms with E-state index < -0.39 is 10.8 Å². The maximum Gasteiger partial charge on any atom is 0.0726 e. The van der Waals surface area contributed by atoms with Crippen LogP contribution in [0.25, 0.3) is 33.4 Å². The van der Waals surface area contributed by atoms with Gasteiger partial charge in [-0.3, -0.25) is 0 Å². The van der Waals surface area contributed by atoms with Crippen LogP contribution >= 0.6 is 0 Å². The SMILES string of the molecule is CC(C)(C)c1ccc(C2(c3ccccc3)c3ccccc3-c3ccc(N(c4ccccc4)c4ccc5c(c4)C4(c6ccccc6-c6cc(C(C)(C)C)ccc64)c4ccccc4-5)cc32)cc1. The molecule has 314 valence electrons. The second-order valence-corrected chi connectivity index (χ2v) is 20.5. The van der Waals surface area contributed by atoms with Crippen molar-refractivity contribution in [2.45, 2.75) is 63.2 Å². The summed E-state index contributed by atoms with van der Waals surface area (Å²) in [6.07, 6.45) is 0. The summed E-state index contributed by atoms with van der Waals surface area (Å²) in [5.41, 5.74) is 23.5. The molecule has 1 spiro atoms. The highest BCUT2D eigenvalue weighted by molar-refractivity contribution is 5.97. The lowest BCUT2D eigenvalue weighted by Crippen LogP contribution is -2.29. The molecule has 0 aliphatic heterocycles. The molecule has 0 amide bonds. The third kappa shape index (κ3) is 5.58. The van der Waals surface area contributed by atoms with E-state index in [1.807, 2.05) is 0 Å². The van der Waals surface area contributed by atoms with E-state index in [1.165, 1.54) is 89.0 Å². The molecule has 0 N–H and O–H groups in total. The lowest BCUT2D eigenvalue weighted by atomic mass is 9.67. The molecule has 0 saturated heterocycles. The second-order valence-electron chi connectivity index (χ2n) is 20.5. The largest absolute Gasteiger partial charge is 0.310 e. The first-order valence-electron chi connectivity index (χ1n) is 23.3. The van der Waals surface area contributed by atoms with Crippen LogP contribution in [0.4, 0.5) is 17.1 Å². The van der Waals surface area contributed by atoms with Crippen LogP contribution in [0.15, 0.2) is 212 Å². The van der Waals surface area contributed by atoms with Crippen LogP contribution in [0, 0.1) is 0 Å². The lowest BCUT2D eigenvalue weighted by molar-refractivity contribution is 0.589. The van der Waals surface area contributed by atoms with E-state index in [1.54, 1.807) is 0 Å². The number of fused-ring (bicyclic) bond motifs is 13. The highest BCUT2D eigenvalue weighted by Crippen LogP contribution is 2.64. The zero-order chi connectivity index (χ0) is 44.3. The summed E-state index contributed by atoms with van der Waals surface area (Å²) in [7, 11) is 0. The maximum atomic E-state index is 2.52. The Morgan fingerprint density at radius 3 is 1.22 bits per heavy atom. The number of para-hydroxylation sites is 1. The molecular formula is C64H53N. The molecule has 2 unspecified atom stereocenters. The van der Waals surface area contributed by atoms with Crippen LogP contribution in [0.3, 0.4) is 0 Å². The Bertz CT molecular complexity index is 3230. The van der Waals surface area contributed by atoms with Crippen molar-refractivity contribution >= 4 is 17.1 Å². The monoisotopic (exact) mass is 835 g/mol. The van der Waals surface area contributed by atoms with Gasteiger partial charge < -0.3 is 4.90 Å². The zero-order valence-corrected chi connectivity index (χ0v) is 38.2. The van der Waals surface area contributed by atoms with E-state index in [-0.39, 0.29) is 10.8 Å². The normalized spacial score (nSPS) is 17.5. The smallest absolute Gasteiger partial charge is 0.0726 e. The fourth-order valence-electron chi connectivity index (χ4n) is 11.9. The third-order valence-corrected chi connectivity index (χ3v) is 14.9.